The Labute approximate surface area is 190 Å². The Morgan fingerprint density at radius 3 is 2.50 bits per heavy atom. The number of carbonyl (C=O) groups excluding carboxylic acids is 3. The molecule has 1 aromatic heterocycles. The quantitative estimate of drug-likeness (QED) is 0.599. The van der Waals surface area contributed by atoms with E-state index in [1.165, 1.54) is 18.4 Å². The highest BCUT2D eigenvalue weighted by Gasteiger charge is 2.31. The molecule has 32 heavy (non-hydrogen) atoms. The molecule has 0 bridgehead atoms. The van der Waals surface area contributed by atoms with E-state index in [2.05, 4.69) is 5.32 Å². The summed E-state index contributed by atoms with van der Waals surface area (Å²) in [6, 6.07) is 7.00. The molecule has 1 aliphatic rings. The van der Waals surface area contributed by atoms with E-state index in [1.54, 1.807) is 43.0 Å². The van der Waals surface area contributed by atoms with Crippen molar-refractivity contribution in [3.05, 3.63) is 40.3 Å². The standard InChI is InChI=1S/C22H26N2O7S/c1-4-29-21(26)19-14-10-11-24(22(27)30-5-2)12-17(14)32-20(19)23-18(25)13-31-16-9-7-6-8-15(16)28-3/h6-9H,4-5,10-13H2,1-3H3,(H,23,25). The Hall–Kier alpha value is -3.27. The largest absolute Gasteiger partial charge is 0.493 e. The summed E-state index contributed by atoms with van der Waals surface area (Å²) in [5.74, 6) is 0.0160. The van der Waals surface area contributed by atoms with E-state index >= 15 is 0 Å². The minimum Gasteiger partial charge on any atom is -0.493 e. The third kappa shape index (κ3) is 5.31. The molecule has 172 valence electrons. The molecule has 0 saturated carbocycles. The van der Waals surface area contributed by atoms with Crippen LogP contribution in [0.3, 0.4) is 0 Å². The van der Waals surface area contributed by atoms with Gasteiger partial charge in [-0.15, -0.1) is 11.3 Å². The van der Waals surface area contributed by atoms with Crippen molar-refractivity contribution < 1.29 is 33.3 Å². The number of anilines is 1. The Kier molecular flexibility index (Phi) is 7.93. The highest BCUT2D eigenvalue weighted by molar-refractivity contribution is 7.17. The summed E-state index contributed by atoms with van der Waals surface area (Å²) < 4.78 is 21.1. The molecule has 0 spiro atoms. The molecule has 1 N–H and O–H groups in total. The number of para-hydroxylation sites is 2. The summed E-state index contributed by atoms with van der Waals surface area (Å²) >= 11 is 1.25. The third-order valence-electron chi connectivity index (χ3n) is 4.74. The molecule has 0 fully saturated rings. The van der Waals surface area contributed by atoms with Gasteiger partial charge < -0.3 is 29.2 Å². The number of nitrogens with one attached hydrogen (secondary N) is 1. The van der Waals surface area contributed by atoms with Gasteiger partial charge in [-0.1, -0.05) is 12.1 Å². The van der Waals surface area contributed by atoms with Gasteiger partial charge in [-0.2, -0.15) is 0 Å². The van der Waals surface area contributed by atoms with Gasteiger partial charge in [-0.25, -0.2) is 9.59 Å². The minimum absolute atomic E-state index is 0.211. The first-order valence-corrected chi connectivity index (χ1v) is 11.1. The first-order chi connectivity index (χ1) is 15.5. The number of nitrogens with zero attached hydrogens (tertiary/aromatic N) is 1. The number of carbonyl (C=O) groups is 3. The van der Waals surface area contributed by atoms with Gasteiger partial charge >= 0.3 is 12.1 Å². The lowest BCUT2D eigenvalue weighted by Crippen LogP contribution is -2.36. The van der Waals surface area contributed by atoms with E-state index in [0.29, 0.717) is 41.6 Å². The normalized spacial score (nSPS) is 12.5. The van der Waals surface area contributed by atoms with Gasteiger partial charge in [0, 0.05) is 11.4 Å². The van der Waals surface area contributed by atoms with Crippen LogP contribution in [0.2, 0.25) is 0 Å². The summed E-state index contributed by atoms with van der Waals surface area (Å²) in [5.41, 5.74) is 1.12. The van der Waals surface area contributed by atoms with Gasteiger partial charge in [-0.05, 0) is 38.0 Å². The second-order valence-corrected chi connectivity index (χ2v) is 7.89. The van der Waals surface area contributed by atoms with Crippen molar-refractivity contribution >= 4 is 34.3 Å². The number of hydrogen-bond acceptors (Lipinski definition) is 8. The van der Waals surface area contributed by atoms with E-state index in [9.17, 15) is 14.4 Å². The number of methoxy groups -OCH3 is 1. The van der Waals surface area contributed by atoms with Crippen LogP contribution in [0.1, 0.15) is 34.6 Å². The Morgan fingerprint density at radius 2 is 1.81 bits per heavy atom. The average molecular weight is 463 g/mol. The molecule has 2 amide bonds. The highest BCUT2D eigenvalue weighted by atomic mass is 32.1. The first kappa shape index (κ1) is 23.4. The van der Waals surface area contributed by atoms with Crippen molar-refractivity contribution in [2.45, 2.75) is 26.8 Å². The molecule has 2 aromatic rings. The minimum atomic E-state index is -0.504. The number of ether oxygens (including phenoxy) is 4. The number of rotatable bonds is 8. The maximum atomic E-state index is 12.6. The summed E-state index contributed by atoms with van der Waals surface area (Å²) in [5, 5.41) is 3.14. The Bertz CT molecular complexity index is 989. The van der Waals surface area contributed by atoms with Crippen molar-refractivity contribution in [3.63, 3.8) is 0 Å². The maximum absolute atomic E-state index is 12.6. The zero-order valence-electron chi connectivity index (χ0n) is 18.3. The number of fused-ring (bicyclic) bond motifs is 1. The van der Waals surface area contributed by atoms with Gasteiger partial charge in [0.1, 0.15) is 5.00 Å². The van der Waals surface area contributed by atoms with E-state index < -0.39 is 18.0 Å². The summed E-state index contributed by atoms with van der Waals surface area (Å²) in [6.07, 6.45) is 0.0619. The van der Waals surface area contributed by atoms with Crippen LogP contribution < -0.4 is 14.8 Å². The fourth-order valence-electron chi connectivity index (χ4n) is 3.33. The topological polar surface area (TPSA) is 103 Å². The Balaban J connectivity index is 1.77. The predicted octanol–water partition coefficient (Wildman–Crippen LogP) is 3.47. The lowest BCUT2D eigenvalue weighted by molar-refractivity contribution is -0.118. The third-order valence-corrected chi connectivity index (χ3v) is 5.88. The highest BCUT2D eigenvalue weighted by Crippen LogP contribution is 2.38. The summed E-state index contributed by atoms with van der Waals surface area (Å²) in [4.78, 5) is 39.7. The van der Waals surface area contributed by atoms with Crippen LogP contribution in [0, 0.1) is 0 Å². The van der Waals surface area contributed by atoms with Crippen LogP contribution in [0.5, 0.6) is 11.5 Å². The first-order valence-electron chi connectivity index (χ1n) is 10.3. The number of amides is 2. The van der Waals surface area contributed by atoms with Gasteiger partial charge in [0.15, 0.2) is 18.1 Å². The number of esters is 1. The van der Waals surface area contributed by atoms with Crippen molar-refractivity contribution in [1.82, 2.24) is 4.90 Å². The van der Waals surface area contributed by atoms with Crippen molar-refractivity contribution in [3.8, 4) is 11.5 Å². The van der Waals surface area contributed by atoms with Crippen molar-refractivity contribution in [2.24, 2.45) is 0 Å². The molecule has 0 aliphatic carbocycles. The molecule has 2 heterocycles. The molecule has 1 aromatic carbocycles. The van der Waals surface area contributed by atoms with E-state index in [1.807, 2.05) is 0 Å². The van der Waals surface area contributed by atoms with Gasteiger partial charge in [-0.3, -0.25) is 4.79 Å². The monoisotopic (exact) mass is 462 g/mol. The molecule has 0 saturated heterocycles. The fourth-order valence-corrected chi connectivity index (χ4v) is 4.59. The van der Waals surface area contributed by atoms with Gasteiger partial charge in [0.2, 0.25) is 0 Å². The van der Waals surface area contributed by atoms with E-state index in [4.69, 9.17) is 18.9 Å². The van der Waals surface area contributed by atoms with Crippen LogP contribution in [-0.2, 0) is 27.2 Å². The zero-order valence-corrected chi connectivity index (χ0v) is 19.1. The second kappa shape index (κ2) is 10.9. The van der Waals surface area contributed by atoms with Crippen LogP contribution in [0.4, 0.5) is 9.80 Å². The van der Waals surface area contributed by atoms with Crippen molar-refractivity contribution in [2.75, 3.05) is 38.8 Å². The van der Waals surface area contributed by atoms with Crippen LogP contribution >= 0.6 is 11.3 Å². The summed E-state index contributed by atoms with van der Waals surface area (Å²) in [6.45, 7) is 4.42. The van der Waals surface area contributed by atoms with Gasteiger partial charge in [0.05, 0.1) is 32.4 Å². The molecule has 9 nitrogen and oxygen atoms in total. The number of thiophene rings is 1. The lowest BCUT2D eigenvalue weighted by atomic mass is 10.0. The molecular formula is C22H26N2O7S. The number of benzene rings is 1. The molecule has 10 heteroatoms. The smallest absolute Gasteiger partial charge is 0.410 e. The van der Waals surface area contributed by atoms with E-state index in [-0.39, 0.29) is 19.8 Å². The molecule has 0 unspecified atom stereocenters. The summed E-state index contributed by atoms with van der Waals surface area (Å²) in [7, 11) is 1.52. The van der Waals surface area contributed by atoms with Gasteiger partial charge in [0.25, 0.3) is 5.91 Å². The van der Waals surface area contributed by atoms with Crippen LogP contribution in [0.25, 0.3) is 0 Å². The second-order valence-electron chi connectivity index (χ2n) is 6.79. The van der Waals surface area contributed by atoms with Crippen LogP contribution in [-0.4, -0.2) is 56.3 Å². The lowest BCUT2D eigenvalue weighted by Gasteiger charge is -2.26. The zero-order chi connectivity index (χ0) is 23.1. The average Bonchev–Trinajstić information content (AvgIpc) is 3.15. The molecule has 0 atom stereocenters. The fraction of sp³-hybridized carbons (Fsp3) is 0.409. The number of hydrogen-bond donors (Lipinski definition) is 1. The van der Waals surface area contributed by atoms with Crippen LogP contribution in [0.15, 0.2) is 24.3 Å². The molecule has 3 rings (SSSR count). The molecular weight excluding hydrogens is 436 g/mol. The van der Waals surface area contributed by atoms with E-state index in [0.717, 1.165) is 10.4 Å². The molecule has 0 radical (unpaired) electrons. The SMILES string of the molecule is CCOC(=O)c1c(NC(=O)COc2ccccc2OC)sc2c1CCN(C(=O)OCC)C2. The van der Waals surface area contributed by atoms with Crippen molar-refractivity contribution in [1.29, 1.82) is 0 Å². The maximum Gasteiger partial charge on any atom is 0.410 e. The predicted molar refractivity (Wildman–Crippen MR) is 119 cm³/mol. The molecule has 1 aliphatic heterocycles. The Morgan fingerprint density at radius 1 is 1.09 bits per heavy atom.